The van der Waals surface area contributed by atoms with Crippen molar-refractivity contribution in [3.05, 3.63) is 0 Å². The monoisotopic (exact) mass is 197 g/mol. The van der Waals surface area contributed by atoms with E-state index in [4.69, 9.17) is 11.0 Å². The number of nitrogens with zero attached hydrogens (tertiary/aromatic N) is 1. The van der Waals surface area contributed by atoms with Crippen molar-refractivity contribution in [3.8, 4) is 6.07 Å². The van der Waals surface area contributed by atoms with Gasteiger partial charge >= 0.3 is 0 Å². The zero-order valence-corrected chi connectivity index (χ0v) is 8.75. The van der Waals surface area contributed by atoms with Gasteiger partial charge in [0, 0.05) is 13.0 Å². The summed E-state index contributed by atoms with van der Waals surface area (Å²) in [7, 11) is 0. The summed E-state index contributed by atoms with van der Waals surface area (Å²) in [5.41, 5.74) is 5.64. The fourth-order valence-corrected chi connectivity index (χ4v) is 1.07. The molecule has 0 aromatic rings. The SMILES string of the molecule is CCCCC(N)C(=O)NCCCC#N. The van der Waals surface area contributed by atoms with E-state index < -0.39 is 6.04 Å². The first kappa shape index (κ1) is 12.9. The van der Waals surface area contributed by atoms with E-state index in [1.54, 1.807) is 0 Å². The number of nitrogens with two attached hydrogens (primary N) is 1. The van der Waals surface area contributed by atoms with Crippen LogP contribution in [-0.4, -0.2) is 18.5 Å². The number of nitrogens with one attached hydrogen (secondary N) is 1. The van der Waals surface area contributed by atoms with Gasteiger partial charge in [-0.15, -0.1) is 0 Å². The molecule has 1 atom stereocenters. The molecule has 0 aromatic carbocycles. The maximum atomic E-state index is 11.3. The molecule has 0 fully saturated rings. The van der Waals surface area contributed by atoms with Gasteiger partial charge in [-0.3, -0.25) is 4.79 Å². The number of hydrogen-bond donors (Lipinski definition) is 2. The van der Waals surface area contributed by atoms with Gasteiger partial charge in [-0.1, -0.05) is 19.8 Å². The molecule has 0 heterocycles. The highest BCUT2D eigenvalue weighted by Gasteiger charge is 2.11. The lowest BCUT2D eigenvalue weighted by Gasteiger charge is -2.10. The van der Waals surface area contributed by atoms with Crippen LogP contribution in [0.5, 0.6) is 0 Å². The molecule has 0 spiro atoms. The van der Waals surface area contributed by atoms with Crippen LogP contribution in [0.25, 0.3) is 0 Å². The van der Waals surface area contributed by atoms with Crippen molar-refractivity contribution in [3.63, 3.8) is 0 Å². The van der Waals surface area contributed by atoms with E-state index in [9.17, 15) is 4.79 Å². The molecule has 1 unspecified atom stereocenters. The minimum absolute atomic E-state index is 0.101. The second-order valence-corrected chi connectivity index (χ2v) is 3.30. The van der Waals surface area contributed by atoms with Crippen LogP contribution in [0.1, 0.15) is 39.0 Å². The summed E-state index contributed by atoms with van der Waals surface area (Å²) in [6.07, 6.45) is 3.94. The third-order valence-electron chi connectivity index (χ3n) is 1.97. The van der Waals surface area contributed by atoms with E-state index >= 15 is 0 Å². The number of rotatable bonds is 7. The average molecular weight is 197 g/mol. The first-order valence-electron chi connectivity index (χ1n) is 5.12. The Labute approximate surface area is 85.5 Å². The van der Waals surface area contributed by atoms with Gasteiger partial charge in [-0.2, -0.15) is 5.26 Å². The Morgan fingerprint density at radius 1 is 1.57 bits per heavy atom. The van der Waals surface area contributed by atoms with Crippen LogP contribution in [0.15, 0.2) is 0 Å². The van der Waals surface area contributed by atoms with E-state index in [0.29, 0.717) is 19.4 Å². The topological polar surface area (TPSA) is 78.9 Å². The molecule has 0 rings (SSSR count). The first-order chi connectivity index (χ1) is 6.72. The Bertz CT molecular complexity index is 198. The van der Waals surface area contributed by atoms with Crippen LogP contribution in [0, 0.1) is 11.3 Å². The second-order valence-electron chi connectivity index (χ2n) is 3.30. The summed E-state index contributed by atoms with van der Waals surface area (Å²) in [6, 6.07) is 1.63. The van der Waals surface area contributed by atoms with Crippen LogP contribution in [0.3, 0.4) is 0 Å². The smallest absolute Gasteiger partial charge is 0.236 e. The number of carbonyl (C=O) groups is 1. The molecular weight excluding hydrogens is 178 g/mol. The maximum Gasteiger partial charge on any atom is 0.236 e. The molecule has 4 heteroatoms. The van der Waals surface area contributed by atoms with Crippen molar-refractivity contribution < 1.29 is 4.79 Å². The lowest BCUT2D eigenvalue weighted by molar-refractivity contribution is -0.122. The molecule has 4 nitrogen and oxygen atoms in total. The van der Waals surface area contributed by atoms with Gasteiger partial charge in [-0.05, 0) is 12.8 Å². The lowest BCUT2D eigenvalue weighted by atomic mass is 10.1. The van der Waals surface area contributed by atoms with Gasteiger partial charge in [0.25, 0.3) is 0 Å². The number of carbonyl (C=O) groups excluding carboxylic acids is 1. The predicted octanol–water partition coefficient (Wildman–Crippen LogP) is 0.924. The largest absolute Gasteiger partial charge is 0.355 e. The fraction of sp³-hybridized carbons (Fsp3) is 0.800. The van der Waals surface area contributed by atoms with Crippen molar-refractivity contribution in [2.75, 3.05) is 6.54 Å². The molecule has 0 aromatic heterocycles. The summed E-state index contributed by atoms with van der Waals surface area (Å²) in [5.74, 6) is -0.101. The van der Waals surface area contributed by atoms with Crippen molar-refractivity contribution in [2.24, 2.45) is 5.73 Å². The summed E-state index contributed by atoms with van der Waals surface area (Å²) in [4.78, 5) is 11.3. The highest BCUT2D eigenvalue weighted by molar-refractivity contribution is 5.81. The molecule has 3 N–H and O–H groups in total. The summed E-state index contributed by atoms with van der Waals surface area (Å²) in [6.45, 7) is 2.61. The van der Waals surface area contributed by atoms with Crippen molar-refractivity contribution in [2.45, 2.75) is 45.1 Å². The second kappa shape index (κ2) is 8.52. The van der Waals surface area contributed by atoms with Gasteiger partial charge in [-0.25, -0.2) is 0 Å². The molecule has 0 radical (unpaired) electrons. The van der Waals surface area contributed by atoms with E-state index in [1.165, 1.54) is 0 Å². The van der Waals surface area contributed by atoms with E-state index in [2.05, 4.69) is 12.2 Å². The van der Waals surface area contributed by atoms with Gasteiger partial charge in [0.2, 0.25) is 5.91 Å². The first-order valence-corrected chi connectivity index (χ1v) is 5.12. The van der Waals surface area contributed by atoms with Crippen LogP contribution >= 0.6 is 0 Å². The van der Waals surface area contributed by atoms with Crippen molar-refractivity contribution >= 4 is 5.91 Å². The van der Waals surface area contributed by atoms with Crippen LogP contribution in [-0.2, 0) is 4.79 Å². The average Bonchev–Trinajstić information content (AvgIpc) is 2.20. The number of amides is 1. The molecule has 0 saturated carbocycles. The number of hydrogen-bond acceptors (Lipinski definition) is 3. The third-order valence-corrected chi connectivity index (χ3v) is 1.97. The minimum Gasteiger partial charge on any atom is -0.355 e. The predicted molar refractivity (Wildman–Crippen MR) is 55.4 cm³/mol. The Balaban J connectivity index is 3.47. The molecule has 0 aliphatic carbocycles. The number of nitriles is 1. The van der Waals surface area contributed by atoms with Crippen LogP contribution < -0.4 is 11.1 Å². The van der Waals surface area contributed by atoms with Gasteiger partial charge in [0.15, 0.2) is 0 Å². The third kappa shape index (κ3) is 6.44. The van der Waals surface area contributed by atoms with Gasteiger partial charge < -0.3 is 11.1 Å². The summed E-state index contributed by atoms with van der Waals surface area (Å²) in [5, 5.41) is 11.0. The lowest BCUT2D eigenvalue weighted by Crippen LogP contribution is -2.40. The van der Waals surface area contributed by atoms with E-state index in [-0.39, 0.29) is 5.91 Å². The van der Waals surface area contributed by atoms with Crippen LogP contribution in [0.2, 0.25) is 0 Å². The zero-order chi connectivity index (χ0) is 10.8. The Morgan fingerprint density at radius 2 is 2.29 bits per heavy atom. The van der Waals surface area contributed by atoms with Gasteiger partial charge in [0.1, 0.15) is 0 Å². The van der Waals surface area contributed by atoms with Crippen molar-refractivity contribution in [1.82, 2.24) is 5.32 Å². The highest BCUT2D eigenvalue weighted by atomic mass is 16.2. The summed E-state index contributed by atoms with van der Waals surface area (Å²) < 4.78 is 0. The molecule has 0 aliphatic rings. The molecule has 1 amide bonds. The Hall–Kier alpha value is -1.08. The number of unbranched alkanes of at least 4 members (excludes halogenated alkanes) is 2. The van der Waals surface area contributed by atoms with Crippen molar-refractivity contribution in [1.29, 1.82) is 5.26 Å². The highest BCUT2D eigenvalue weighted by Crippen LogP contribution is 1.97. The Kier molecular flexibility index (Phi) is 7.86. The zero-order valence-electron chi connectivity index (χ0n) is 8.75. The van der Waals surface area contributed by atoms with E-state index in [1.807, 2.05) is 6.07 Å². The fourth-order valence-electron chi connectivity index (χ4n) is 1.07. The normalized spacial score (nSPS) is 11.8. The molecule has 0 saturated heterocycles. The molecule has 80 valence electrons. The Morgan fingerprint density at radius 3 is 2.86 bits per heavy atom. The molecule has 14 heavy (non-hydrogen) atoms. The standard InChI is InChI=1S/C10H19N3O/c1-2-3-6-9(12)10(14)13-8-5-4-7-11/h9H,2-6,8,12H2,1H3,(H,13,14). The van der Waals surface area contributed by atoms with E-state index in [0.717, 1.165) is 19.3 Å². The molecule has 0 aliphatic heterocycles. The molecular formula is C10H19N3O. The van der Waals surface area contributed by atoms with Gasteiger partial charge in [0.05, 0.1) is 12.1 Å². The summed E-state index contributed by atoms with van der Waals surface area (Å²) >= 11 is 0. The minimum atomic E-state index is -0.392. The maximum absolute atomic E-state index is 11.3. The molecule has 0 bridgehead atoms. The van der Waals surface area contributed by atoms with Crippen LogP contribution in [0.4, 0.5) is 0 Å². The quantitative estimate of drug-likeness (QED) is 0.596.